The van der Waals surface area contributed by atoms with Crippen LogP contribution in [0.4, 0.5) is 0 Å². The van der Waals surface area contributed by atoms with Crippen LogP contribution in [0.15, 0.2) is 21.6 Å². The van der Waals surface area contributed by atoms with Gasteiger partial charge in [0.1, 0.15) is 5.76 Å². The average Bonchev–Trinajstić information content (AvgIpc) is 2.70. The summed E-state index contributed by atoms with van der Waals surface area (Å²) in [5, 5.41) is 3.19. The van der Waals surface area contributed by atoms with E-state index in [1.165, 1.54) is 0 Å². The summed E-state index contributed by atoms with van der Waals surface area (Å²) >= 11 is 0. The van der Waals surface area contributed by atoms with Crippen LogP contribution in [0, 0.1) is 0 Å². The maximum Gasteiger partial charge on any atom is 0.276 e. The highest BCUT2D eigenvalue weighted by atomic mass is 32.2. The molecule has 1 aliphatic rings. The molecule has 1 fully saturated rings. The first-order chi connectivity index (χ1) is 9.14. The van der Waals surface area contributed by atoms with Crippen molar-refractivity contribution in [1.82, 2.24) is 9.62 Å². The van der Waals surface area contributed by atoms with Crippen LogP contribution in [0.1, 0.15) is 38.4 Å². The van der Waals surface area contributed by atoms with E-state index >= 15 is 0 Å². The zero-order chi connectivity index (χ0) is 13.7. The molecule has 0 aromatic carbocycles. The maximum absolute atomic E-state index is 12.4. The molecule has 0 saturated carbocycles. The number of rotatable bonds is 5. The Bertz CT molecular complexity index is 488. The van der Waals surface area contributed by atoms with E-state index < -0.39 is 10.0 Å². The molecule has 5 nitrogen and oxygen atoms in total. The minimum absolute atomic E-state index is 0.0716. The number of furan rings is 1. The van der Waals surface area contributed by atoms with Crippen molar-refractivity contribution in [2.75, 3.05) is 19.6 Å². The van der Waals surface area contributed by atoms with Crippen LogP contribution in [0.5, 0.6) is 0 Å². The van der Waals surface area contributed by atoms with Crippen molar-refractivity contribution in [2.24, 2.45) is 0 Å². The Kier molecular flexibility index (Phi) is 5.01. The van der Waals surface area contributed by atoms with Gasteiger partial charge in [-0.2, -0.15) is 4.31 Å². The number of nitrogens with zero attached hydrogens (tertiary/aromatic N) is 1. The van der Waals surface area contributed by atoms with Crippen molar-refractivity contribution in [3.05, 3.63) is 17.9 Å². The summed E-state index contributed by atoms with van der Waals surface area (Å²) in [4.78, 5) is 0. The van der Waals surface area contributed by atoms with Gasteiger partial charge in [-0.15, -0.1) is 0 Å². The van der Waals surface area contributed by atoms with E-state index in [0.717, 1.165) is 32.2 Å². The molecule has 1 aromatic rings. The Morgan fingerprint density at radius 2 is 1.89 bits per heavy atom. The second-order valence-corrected chi connectivity index (χ2v) is 6.69. The van der Waals surface area contributed by atoms with E-state index in [1.54, 1.807) is 16.4 Å². The third kappa shape index (κ3) is 3.58. The monoisotopic (exact) mass is 286 g/mol. The second kappa shape index (κ2) is 6.54. The first kappa shape index (κ1) is 14.6. The first-order valence-electron chi connectivity index (χ1n) is 6.94. The fraction of sp³-hybridized carbons (Fsp3) is 0.692. The Morgan fingerprint density at radius 1 is 1.21 bits per heavy atom. The SMILES string of the molecule is CCNCc1ccc(S(=O)(=O)N2CCCCCC2)o1. The van der Waals surface area contributed by atoms with E-state index in [-0.39, 0.29) is 5.09 Å². The van der Waals surface area contributed by atoms with E-state index in [0.29, 0.717) is 25.4 Å². The van der Waals surface area contributed by atoms with Crippen LogP contribution in [-0.2, 0) is 16.6 Å². The smallest absolute Gasteiger partial charge is 0.276 e. The predicted octanol–water partition coefficient (Wildman–Crippen LogP) is 1.95. The van der Waals surface area contributed by atoms with Crippen LogP contribution in [0.3, 0.4) is 0 Å². The lowest BCUT2D eigenvalue weighted by Crippen LogP contribution is -2.31. The van der Waals surface area contributed by atoms with Gasteiger partial charge in [-0.3, -0.25) is 0 Å². The molecular formula is C13H22N2O3S. The van der Waals surface area contributed by atoms with E-state index in [4.69, 9.17) is 4.42 Å². The maximum atomic E-state index is 12.4. The Balaban J connectivity index is 2.11. The number of sulfonamides is 1. The fourth-order valence-corrected chi connectivity index (χ4v) is 3.70. The second-order valence-electron chi connectivity index (χ2n) is 4.82. The van der Waals surface area contributed by atoms with E-state index in [2.05, 4.69) is 5.32 Å². The van der Waals surface area contributed by atoms with E-state index in [1.807, 2.05) is 6.92 Å². The van der Waals surface area contributed by atoms with Crippen LogP contribution >= 0.6 is 0 Å². The van der Waals surface area contributed by atoms with Crippen molar-refractivity contribution in [1.29, 1.82) is 0 Å². The van der Waals surface area contributed by atoms with Gasteiger partial charge in [0, 0.05) is 13.1 Å². The van der Waals surface area contributed by atoms with Crippen LogP contribution < -0.4 is 5.32 Å². The lowest BCUT2D eigenvalue weighted by Gasteiger charge is -2.17. The quantitative estimate of drug-likeness (QED) is 0.898. The van der Waals surface area contributed by atoms with Crippen molar-refractivity contribution >= 4 is 10.0 Å². The van der Waals surface area contributed by atoms with Gasteiger partial charge >= 0.3 is 0 Å². The largest absolute Gasteiger partial charge is 0.447 e. The van der Waals surface area contributed by atoms with Crippen molar-refractivity contribution in [2.45, 2.75) is 44.2 Å². The summed E-state index contributed by atoms with van der Waals surface area (Å²) in [6, 6.07) is 3.29. The molecule has 1 aliphatic heterocycles. The third-order valence-corrected chi connectivity index (χ3v) is 5.12. The summed E-state index contributed by atoms with van der Waals surface area (Å²) in [6.45, 7) is 4.59. The Labute approximate surface area is 115 Å². The summed E-state index contributed by atoms with van der Waals surface area (Å²) < 4.78 is 31.9. The molecule has 0 radical (unpaired) electrons. The van der Waals surface area contributed by atoms with Crippen molar-refractivity contribution in [3.63, 3.8) is 0 Å². The highest BCUT2D eigenvalue weighted by Gasteiger charge is 2.28. The fourth-order valence-electron chi connectivity index (χ4n) is 2.25. The average molecular weight is 286 g/mol. The summed E-state index contributed by atoms with van der Waals surface area (Å²) in [5.41, 5.74) is 0. The zero-order valence-electron chi connectivity index (χ0n) is 11.4. The highest BCUT2D eigenvalue weighted by Crippen LogP contribution is 2.22. The molecule has 0 bridgehead atoms. The van der Waals surface area contributed by atoms with Crippen LogP contribution in [0.2, 0.25) is 0 Å². The molecule has 2 heterocycles. The predicted molar refractivity (Wildman–Crippen MR) is 73.3 cm³/mol. The molecule has 1 aromatic heterocycles. The topological polar surface area (TPSA) is 62.6 Å². The first-order valence-corrected chi connectivity index (χ1v) is 8.38. The molecule has 19 heavy (non-hydrogen) atoms. The highest BCUT2D eigenvalue weighted by molar-refractivity contribution is 7.89. The Morgan fingerprint density at radius 3 is 2.53 bits per heavy atom. The molecule has 108 valence electrons. The van der Waals surface area contributed by atoms with Gasteiger partial charge in [-0.05, 0) is 31.5 Å². The number of nitrogens with one attached hydrogen (secondary N) is 1. The molecule has 0 aliphatic carbocycles. The Hall–Kier alpha value is -0.850. The summed E-state index contributed by atoms with van der Waals surface area (Å²) in [5.74, 6) is 0.662. The normalized spacial score (nSPS) is 18.4. The van der Waals surface area contributed by atoms with Gasteiger partial charge in [0.25, 0.3) is 10.0 Å². The van der Waals surface area contributed by atoms with Gasteiger partial charge in [0.15, 0.2) is 0 Å². The molecule has 0 amide bonds. The van der Waals surface area contributed by atoms with Crippen molar-refractivity contribution < 1.29 is 12.8 Å². The molecular weight excluding hydrogens is 264 g/mol. The van der Waals surface area contributed by atoms with E-state index in [9.17, 15) is 8.42 Å². The summed E-state index contributed by atoms with van der Waals surface area (Å²) in [7, 11) is -3.45. The number of hydrogen-bond acceptors (Lipinski definition) is 4. The molecule has 0 atom stereocenters. The lowest BCUT2D eigenvalue weighted by atomic mass is 10.2. The van der Waals surface area contributed by atoms with Crippen LogP contribution in [0.25, 0.3) is 0 Å². The third-order valence-electron chi connectivity index (χ3n) is 3.35. The van der Waals surface area contributed by atoms with Gasteiger partial charge in [-0.1, -0.05) is 19.8 Å². The van der Waals surface area contributed by atoms with Gasteiger partial charge in [0.05, 0.1) is 6.54 Å². The minimum Gasteiger partial charge on any atom is -0.447 e. The standard InChI is InChI=1S/C13H22N2O3S/c1-2-14-11-12-7-8-13(18-12)19(16,17)15-9-5-3-4-6-10-15/h7-8,14H,2-6,9-11H2,1H3. The van der Waals surface area contributed by atoms with Gasteiger partial charge in [0.2, 0.25) is 5.09 Å². The zero-order valence-corrected chi connectivity index (χ0v) is 12.2. The minimum atomic E-state index is -3.45. The molecule has 0 unspecified atom stereocenters. The summed E-state index contributed by atoms with van der Waals surface area (Å²) in [6.07, 6.45) is 4.08. The molecule has 2 rings (SSSR count). The molecule has 1 saturated heterocycles. The van der Waals surface area contributed by atoms with Gasteiger partial charge in [-0.25, -0.2) is 8.42 Å². The molecule has 6 heteroatoms. The molecule has 0 spiro atoms. The van der Waals surface area contributed by atoms with Crippen molar-refractivity contribution in [3.8, 4) is 0 Å². The van der Waals surface area contributed by atoms with Crippen LogP contribution in [-0.4, -0.2) is 32.4 Å². The lowest BCUT2D eigenvalue weighted by molar-refractivity contribution is 0.367. The van der Waals surface area contributed by atoms with Gasteiger partial charge < -0.3 is 9.73 Å². The number of hydrogen-bond donors (Lipinski definition) is 1. The molecule has 1 N–H and O–H groups in total.